The molecular formula is C51H49NO4. The van der Waals surface area contributed by atoms with E-state index >= 15 is 0 Å². The first-order chi connectivity index (χ1) is 27.2. The highest BCUT2D eigenvalue weighted by atomic mass is 16.5. The molecule has 2 aliphatic carbocycles. The summed E-state index contributed by atoms with van der Waals surface area (Å²) in [6, 6.07) is 42.0. The maximum atomic E-state index is 7.86. The second-order valence-electron chi connectivity index (χ2n) is 17.2. The van der Waals surface area contributed by atoms with Crippen LogP contribution in [-0.2, 0) is 23.2 Å². The summed E-state index contributed by atoms with van der Waals surface area (Å²) in [6.45, 7) is 10.7. The molecule has 0 aromatic heterocycles. The van der Waals surface area contributed by atoms with Gasteiger partial charge in [-0.25, -0.2) is 0 Å². The molecule has 6 aromatic carbocycles. The third-order valence-electron chi connectivity index (χ3n) is 12.9. The number of rotatable bonds is 6. The first-order valence-corrected chi connectivity index (χ1v) is 20.1. The van der Waals surface area contributed by atoms with Crippen LogP contribution in [0, 0.1) is 10.8 Å². The molecule has 282 valence electrons. The van der Waals surface area contributed by atoms with Crippen molar-refractivity contribution in [2.75, 3.05) is 45.4 Å². The van der Waals surface area contributed by atoms with Crippen molar-refractivity contribution in [3.8, 4) is 39.5 Å². The lowest BCUT2D eigenvalue weighted by molar-refractivity contribution is 0.122. The van der Waals surface area contributed by atoms with Crippen LogP contribution >= 0.6 is 0 Å². The summed E-state index contributed by atoms with van der Waals surface area (Å²) in [5.41, 5.74) is 12.6. The van der Waals surface area contributed by atoms with E-state index in [1.807, 2.05) is 12.1 Å². The molecule has 0 amide bonds. The van der Waals surface area contributed by atoms with Crippen molar-refractivity contribution in [2.45, 2.75) is 45.6 Å². The van der Waals surface area contributed by atoms with Crippen molar-refractivity contribution < 1.29 is 18.9 Å². The molecule has 0 saturated carbocycles. The molecule has 1 saturated heterocycles. The maximum Gasteiger partial charge on any atom is 0.178 e. The standard InChI is InChI=1S/C51H49NO4/c1-49(2)30-43-46-39-14-10-9-11-34(39)29-50(3,32-49)44-31-51(35-12-7-6-8-13-35,36-17-19-37(20-18-36)52-23-25-55-26-24-52)56-48(47(43)44)42-28-45(54-5)40(27-41(42)46)33-15-21-38(53-4)22-16-33/h6-22,27-28,31H,23-26,29-30,32H2,1-5H3. The van der Waals surface area contributed by atoms with Gasteiger partial charge < -0.3 is 23.8 Å². The van der Waals surface area contributed by atoms with E-state index < -0.39 is 5.60 Å². The topological polar surface area (TPSA) is 40.2 Å². The quantitative estimate of drug-likeness (QED) is 0.170. The average molecular weight is 740 g/mol. The average Bonchev–Trinajstić information content (AvgIpc) is 3.29. The van der Waals surface area contributed by atoms with Gasteiger partial charge >= 0.3 is 0 Å². The van der Waals surface area contributed by atoms with Gasteiger partial charge in [0.1, 0.15) is 17.2 Å². The van der Waals surface area contributed by atoms with Crippen LogP contribution < -0.4 is 19.1 Å². The molecule has 56 heavy (non-hydrogen) atoms. The normalized spacial score (nSPS) is 21.9. The van der Waals surface area contributed by atoms with Crippen LogP contribution in [0.25, 0.3) is 38.6 Å². The van der Waals surface area contributed by atoms with Gasteiger partial charge in [-0.15, -0.1) is 0 Å². The number of methoxy groups -OCH3 is 2. The molecule has 0 N–H and O–H groups in total. The Morgan fingerprint density at radius 3 is 2.11 bits per heavy atom. The van der Waals surface area contributed by atoms with Crippen LogP contribution in [0.5, 0.6) is 17.2 Å². The monoisotopic (exact) mass is 739 g/mol. The first-order valence-electron chi connectivity index (χ1n) is 20.1. The number of nitrogens with zero attached hydrogens (tertiary/aromatic N) is 1. The molecule has 2 atom stereocenters. The molecule has 4 bridgehead atoms. The number of hydrogen-bond acceptors (Lipinski definition) is 5. The number of anilines is 1. The van der Waals surface area contributed by atoms with E-state index in [2.05, 4.69) is 135 Å². The number of morpholine rings is 1. The van der Waals surface area contributed by atoms with Crippen molar-refractivity contribution in [1.82, 2.24) is 0 Å². The lowest BCUT2D eigenvalue weighted by Gasteiger charge is -2.45. The molecule has 5 nitrogen and oxygen atoms in total. The molecule has 4 aliphatic rings. The zero-order valence-corrected chi connectivity index (χ0v) is 33.1. The van der Waals surface area contributed by atoms with Gasteiger partial charge in [-0.1, -0.05) is 99.6 Å². The van der Waals surface area contributed by atoms with E-state index in [1.54, 1.807) is 14.2 Å². The minimum atomic E-state index is -0.880. The van der Waals surface area contributed by atoms with E-state index in [0.717, 1.165) is 90.5 Å². The highest BCUT2D eigenvalue weighted by Crippen LogP contribution is 2.63. The molecule has 1 fully saturated rings. The molecule has 6 aromatic rings. The second-order valence-corrected chi connectivity index (χ2v) is 17.2. The first kappa shape index (κ1) is 34.9. The Bertz CT molecular complexity index is 2510. The number of benzene rings is 6. The zero-order chi connectivity index (χ0) is 38.2. The Labute approximate surface area is 330 Å². The summed E-state index contributed by atoms with van der Waals surface area (Å²) in [5, 5.41) is 2.26. The lowest BCUT2D eigenvalue weighted by atomic mass is 9.64. The van der Waals surface area contributed by atoms with Crippen LogP contribution in [0.15, 0.2) is 121 Å². The van der Waals surface area contributed by atoms with E-state index in [-0.39, 0.29) is 10.8 Å². The van der Waals surface area contributed by atoms with Gasteiger partial charge in [0.05, 0.1) is 27.4 Å². The van der Waals surface area contributed by atoms with Crippen molar-refractivity contribution in [3.63, 3.8) is 0 Å². The fraction of sp³-hybridized carbons (Fsp3) is 0.294. The third kappa shape index (κ3) is 5.46. The Morgan fingerprint density at radius 1 is 0.661 bits per heavy atom. The SMILES string of the molecule is COc1ccc(-c2cc3c4c5c6c(c3cc2OC)OC(c2ccccc2)(c2ccc(N3CCOCC3)cc2)C=C6C(C)(Cc2ccccc2-4)CC(C)(C)C5)cc1. The maximum absolute atomic E-state index is 7.86. The molecule has 0 radical (unpaired) electrons. The second kappa shape index (κ2) is 13.0. The van der Waals surface area contributed by atoms with E-state index in [0.29, 0.717) is 0 Å². The smallest absolute Gasteiger partial charge is 0.178 e. The van der Waals surface area contributed by atoms with Crippen molar-refractivity contribution in [3.05, 3.63) is 149 Å². The van der Waals surface area contributed by atoms with Crippen LogP contribution in [0.4, 0.5) is 5.69 Å². The van der Waals surface area contributed by atoms with Gasteiger partial charge in [0.25, 0.3) is 0 Å². The van der Waals surface area contributed by atoms with Gasteiger partial charge in [-0.3, -0.25) is 0 Å². The fourth-order valence-electron chi connectivity index (χ4n) is 10.6. The van der Waals surface area contributed by atoms with E-state index in [9.17, 15) is 0 Å². The van der Waals surface area contributed by atoms with Gasteiger partial charge in [0.15, 0.2) is 5.60 Å². The molecular weight excluding hydrogens is 691 g/mol. The number of hydrogen-bond donors (Lipinski definition) is 0. The Hall–Kier alpha value is -5.52. The van der Waals surface area contributed by atoms with Crippen molar-refractivity contribution in [1.29, 1.82) is 0 Å². The molecule has 5 heteroatoms. The Morgan fingerprint density at radius 2 is 1.38 bits per heavy atom. The number of allylic oxidation sites excluding steroid dienone is 1. The minimum Gasteiger partial charge on any atom is -0.497 e. The summed E-state index contributed by atoms with van der Waals surface area (Å²) in [6.07, 6.45) is 5.45. The zero-order valence-electron chi connectivity index (χ0n) is 33.1. The van der Waals surface area contributed by atoms with Crippen LogP contribution in [0.3, 0.4) is 0 Å². The van der Waals surface area contributed by atoms with E-state index in [1.165, 1.54) is 44.5 Å². The summed E-state index contributed by atoms with van der Waals surface area (Å²) in [4.78, 5) is 2.42. The fourth-order valence-corrected chi connectivity index (χ4v) is 10.6. The van der Waals surface area contributed by atoms with Crippen LogP contribution in [0.2, 0.25) is 0 Å². The lowest BCUT2D eigenvalue weighted by Crippen LogP contribution is -2.39. The summed E-state index contributed by atoms with van der Waals surface area (Å²) < 4.78 is 25.4. The van der Waals surface area contributed by atoms with Gasteiger partial charge in [-0.2, -0.15) is 0 Å². The third-order valence-corrected chi connectivity index (χ3v) is 12.9. The van der Waals surface area contributed by atoms with Crippen molar-refractivity contribution in [2.24, 2.45) is 10.8 Å². The summed E-state index contributed by atoms with van der Waals surface area (Å²) >= 11 is 0. The molecule has 2 heterocycles. The number of ether oxygens (including phenoxy) is 4. The highest BCUT2D eigenvalue weighted by Gasteiger charge is 2.50. The van der Waals surface area contributed by atoms with Gasteiger partial charge in [-0.05, 0) is 111 Å². The highest BCUT2D eigenvalue weighted by molar-refractivity contribution is 6.10. The van der Waals surface area contributed by atoms with Crippen molar-refractivity contribution >= 4 is 22.0 Å². The summed E-state index contributed by atoms with van der Waals surface area (Å²) in [7, 11) is 3.48. The largest absolute Gasteiger partial charge is 0.497 e. The summed E-state index contributed by atoms with van der Waals surface area (Å²) in [5.74, 6) is 2.58. The van der Waals surface area contributed by atoms with Gasteiger partial charge in [0.2, 0.25) is 0 Å². The Kier molecular flexibility index (Phi) is 8.13. The minimum absolute atomic E-state index is 0.0334. The molecule has 2 unspecified atom stereocenters. The predicted octanol–water partition coefficient (Wildman–Crippen LogP) is 11.3. The molecule has 10 rings (SSSR count). The van der Waals surface area contributed by atoms with Crippen LogP contribution in [-0.4, -0.2) is 40.5 Å². The molecule has 2 aliphatic heterocycles. The predicted molar refractivity (Wildman–Crippen MR) is 227 cm³/mol. The van der Waals surface area contributed by atoms with E-state index in [4.69, 9.17) is 18.9 Å². The van der Waals surface area contributed by atoms with Crippen LogP contribution in [0.1, 0.15) is 55.0 Å². The Balaban J connectivity index is 1.32. The molecule has 0 spiro atoms. The number of fused-ring (bicyclic) bond motifs is 5. The van der Waals surface area contributed by atoms with Gasteiger partial charge in [0, 0.05) is 46.4 Å².